The van der Waals surface area contributed by atoms with Crippen LogP contribution in [0.3, 0.4) is 0 Å². The van der Waals surface area contributed by atoms with E-state index in [9.17, 15) is 14.7 Å². The van der Waals surface area contributed by atoms with Gasteiger partial charge in [0.05, 0.1) is 0 Å². The average molecular weight is 240 g/mol. The Kier molecular flexibility index (Phi) is 3.38. The highest BCUT2D eigenvalue weighted by molar-refractivity contribution is 5.88. The van der Waals surface area contributed by atoms with Crippen molar-refractivity contribution in [3.63, 3.8) is 0 Å². The number of aliphatic carboxylic acids is 1. The molecule has 0 bridgehead atoms. The van der Waals surface area contributed by atoms with Crippen LogP contribution >= 0.6 is 0 Å². The third kappa shape index (κ3) is 2.60. The molecule has 5 heteroatoms. The Hall–Kier alpha value is -1.10. The number of rotatable bonds is 4. The normalized spacial score (nSPS) is 25.0. The second-order valence-electron chi connectivity index (χ2n) is 5.30. The van der Waals surface area contributed by atoms with Crippen LogP contribution in [0.1, 0.15) is 32.6 Å². The molecule has 2 aliphatic rings. The second-order valence-corrected chi connectivity index (χ2v) is 5.30. The number of piperidine rings is 1. The van der Waals surface area contributed by atoms with Crippen LogP contribution in [-0.2, 0) is 9.59 Å². The summed E-state index contributed by atoms with van der Waals surface area (Å²) < 4.78 is 0. The summed E-state index contributed by atoms with van der Waals surface area (Å²) in [4.78, 5) is 23.3. The molecule has 0 aromatic rings. The van der Waals surface area contributed by atoms with Crippen molar-refractivity contribution >= 4 is 11.9 Å². The molecule has 1 unspecified atom stereocenters. The van der Waals surface area contributed by atoms with Gasteiger partial charge in [0.2, 0.25) is 5.91 Å². The Morgan fingerprint density at radius 2 is 1.82 bits per heavy atom. The highest BCUT2D eigenvalue weighted by Crippen LogP contribution is 2.40. The van der Waals surface area contributed by atoms with Crippen LogP contribution in [0.25, 0.3) is 0 Å². The Labute approximate surface area is 101 Å². The van der Waals surface area contributed by atoms with Crippen molar-refractivity contribution in [1.82, 2.24) is 10.6 Å². The van der Waals surface area contributed by atoms with Gasteiger partial charge in [-0.3, -0.25) is 4.79 Å². The molecule has 0 radical (unpaired) electrons. The summed E-state index contributed by atoms with van der Waals surface area (Å²) in [7, 11) is 0. The van der Waals surface area contributed by atoms with Crippen molar-refractivity contribution in [1.29, 1.82) is 0 Å². The fourth-order valence-corrected chi connectivity index (χ4v) is 2.43. The van der Waals surface area contributed by atoms with Crippen LogP contribution in [0.15, 0.2) is 0 Å². The van der Waals surface area contributed by atoms with Gasteiger partial charge in [-0.15, -0.1) is 0 Å². The molecule has 0 aromatic heterocycles. The molecule has 1 heterocycles. The lowest BCUT2D eigenvalue weighted by Gasteiger charge is -2.30. The monoisotopic (exact) mass is 240 g/mol. The summed E-state index contributed by atoms with van der Waals surface area (Å²) in [5, 5.41) is 15.2. The molecule has 0 aromatic carbocycles. The van der Waals surface area contributed by atoms with Crippen LogP contribution in [0.2, 0.25) is 0 Å². The van der Waals surface area contributed by atoms with E-state index in [0.29, 0.717) is 0 Å². The largest absolute Gasteiger partial charge is 0.480 e. The van der Waals surface area contributed by atoms with Crippen molar-refractivity contribution in [2.24, 2.45) is 11.8 Å². The number of amides is 1. The maximum Gasteiger partial charge on any atom is 0.329 e. The van der Waals surface area contributed by atoms with E-state index in [0.717, 1.165) is 38.8 Å². The van der Waals surface area contributed by atoms with Crippen molar-refractivity contribution in [3.05, 3.63) is 0 Å². The summed E-state index contributed by atoms with van der Waals surface area (Å²) in [6, 6.07) is 0. The summed E-state index contributed by atoms with van der Waals surface area (Å²) in [5.41, 5.74) is -1.07. The first-order valence-corrected chi connectivity index (χ1v) is 6.30. The molecule has 1 saturated carbocycles. The minimum absolute atomic E-state index is 0.0336. The van der Waals surface area contributed by atoms with E-state index in [4.69, 9.17) is 0 Å². The van der Waals surface area contributed by atoms with Gasteiger partial charge in [0.1, 0.15) is 5.54 Å². The Morgan fingerprint density at radius 1 is 1.24 bits per heavy atom. The summed E-state index contributed by atoms with van der Waals surface area (Å²) in [6.45, 7) is 3.31. The van der Waals surface area contributed by atoms with Crippen molar-refractivity contribution in [3.8, 4) is 0 Å². The van der Waals surface area contributed by atoms with Crippen LogP contribution in [0, 0.1) is 11.8 Å². The number of carbonyl (C=O) groups excluding carboxylic acids is 1. The van der Waals surface area contributed by atoms with E-state index in [2.05, 4.69) is 10.6 Å². The van der Waals surface area contributed by atoms with Crippen molar-refractivity contribution in [2.75, 3.05) is 13.1 Å². The fourth-order valence-electron chi connectivity index (χ4n) is 2.43. The third-order valence-electron chi connectivity index (χ3n) is 3.93. The van der Waals surface area contributed by atoms with Crippen LogP contribution < -0.4 is 10.6 Å². The van der Waals surface area contributed by atoms with Gasteiger partial charge in [0.15, 0.2) is 0 Å². The van der Waals surface area contributed by atoms with Gasteiger partial charge in [-0.05, 0) is 51.6 Å². The smallest absolute Gasteiger partial charge is 0.329 e. The molecular formula is C12H20N2O3. The number of carboxylic acids is 1. The van der Waals surface area contributed by atoms with E-state index in [1.54, 1.807) is 6.92 Å². The van der Waals surface area contributed by atoms with Crippen molar-refractivity contribution < 1.29 is 14.7 Å². The molecule has 1 aliphatic heterocycles. The van der Waals surface area contributed by atoms with E-state index in [-0.39, 0.29) is 17.7 Å². The molecule has 1 atom stereocenters. The summed E-state index contributed by atoms with van der Waals surface area (Å²) >= 11 is 0. The van der Waals surface area contributed by atoms with Crippen molar-refractivity contribution in [2.45, 2.75) is 38.1 Å². The van der Waals surface area contributed by atoms with E-state index in [1.165, 1.54) is 0 Å². The molecule has 2 rings (SSSR count). The van der Waals surface area contributed by atoms with E-state index in [1.807, 2.05) is 0 Å². The van der Waals surface area contributed by atoms with Gasteiger partial charge >= 0.3 is 5.97 Å². The van der Waals surface area contributed by atoms with E-state index < -0.39 is 11.5 Å². The predicted molar refractivity (Wildman–Crippen MR) is 62.5 cm³/mol. The second kappa shape index (κ2) is 4.64. The number of hydrogen-bond acceptors (Lipinski definition) is 3. The molecule has 96 valence electrons. The maximum atomic E-state index is 12.0. The van der Waals surface area contributed by atoms with Gasteiger partial charge < -0.3 is 15.7 Å². The lowest BCUT2D eigenvalue weighted by atomic mass is 9.92. The number of carboxylic acid groups (broad SMARTS) is 1. The van der Waals surface area contributed by atoms with Gasteiger partial charge in [0, 0.05) is 5.92 Å². The van der Waals surface area contributed by atoms with Gasteiger partial charge in [0.25, 0.3) is 0 Å². The first kappa shape index (κ1) is 12.4. The van der Waals surface area contributed by atoms with Crippen LogP contribution in [-0.4, -0.2) is 35.6 Å². The molecule has 17 heavy (non-hydrogen) atoms. The first-order chi connectivity index (χ1) is 8.04. The number of hydrogen-bond donors (Lipinski definition) is 3. The number of carbonyl (C=O) groups is 2. The van der Waals surface area contributed by atoms with E-state index >= 15 is 0 Å². The highest BCUT2D eigenvalue weighted by Gasteiger charge is 2.49. The Balaban J connectivity index is 1.97. The average Bonchev–Trinajstić information content (AvgIpc) is 3.13. The zero-order chi connectivity index (χ0) is 12.5. The zero-order valence-electron chi connectivity index (χ0n) is 10.2. The molecule has 2 fully saturated rings. The van der Waals surface area contributed by atoms with Gasteiger partial charge in [-0.2, -0.15) is 0 Å². The summed E-state index contributed by atoms with van der Waals surface area (Å²) in [6.07, 6.45) is 3.39. The van der Waals surface area contributed by atoms with Gasteiger partial charge in [-0.1, -0.05) is 0 Å². The molecule has 1 saturated heterocycles. The quantitative estimate of drug-likeness (QED) is 0.663. The first-order valence-electron chi connectivity index (χ1n) is 6.30. The molecule has 5 nitrogen and oxygen atoms in total. The Bertz CT molecular complexity index is 322. The van der Waals surface area contributed by atoms with Gasteiger partial charge in [-0.25, -0.2) is 4.79 Å². The lowest BCUT2D eigenvalue weighted by Crippen LogP contribution is -2.56. The molecule has 1 aliphatic carbocycles. The number of nitrogens with one attached hydrogen (secondary N) is 2. The lowest BCUT2D eigenvalue weighted by molar-refractivity contribution is -0.148. The topological polar surface area (TPSA) is 78.4 Å². The minimum atomic E-state index is -1.07. The molecule has 3 N–H and O–H groups in total. The fraction of sp³-hybridized carbons (Fsp3) is 0.833. The van der Waals surface area contributed by atoms with Crippen LogP contribution in [0.5, 0.6) is 0 Å². The summed E-state index contributed by atoms with van der Waals surface area (Å²) in [5.74, 6) is -0.940. The Morgan fingerprint density at radius 3 is 2.29 bits per heavy atom. The zero-order valence-corrected chi connectivity index (χ0v) is 10.2. The molecule has 0 spiro atoms. The maximum absolute atomic E-state index is 12.0. The minimum Gasteiger partial charge on any atom is -0.480 e. The van der Waals surface area contributed by atoms with Crippen LogP contribution in [0.4, 0.5) is 0 Å². The highest BCUT2D eigenvalue weighted by atomic mass is 16.4. The SMILES string of the molecule is CC(NC(=O)C1CCNCC1)(C(=O)O)C1CC1. The third-order valence-corrected chi connectivity index (χ3v) is 3.93. The predicted octanol–water partition coefficient (Wildman–Crippen LogP) is 0.355. The molecule has 1 amide bonds. The standard InChI is InChI=1S/C12H20N2O3/c1-12(11(16)17,9-2-3-9)14-10(15)8-4-6-13-7-5-8/h8-9,13H,2-7H2,1H3,(H,14,15)(H,16,17). The molecular weight excluding hydrogens is 220 g/mol.